The third kappa shape index (κ3) is 3.94. The predicted octanol–water partition coefficient (Wildman–Crippen LogP) is 5.37. The van der Waals surface area contributed by atoms with Gasteiger partial charge in [-0.1, -0.05) is 31.0 Å². The molecule has 0 saturated carbocycles. The fraction of sp³-hybridized carbons (Fsp3) is 0.333. The number of rotatable bonds is 4. The Kier molecular flexibility index (Phi) is 5.43. The Morgan fingerprint density at radius 3 is 2.61 bits per heavy atom. The molecule has 1 saturated heterocycles. The number of fused-ring (bicyclic) bond motifs is 1. The van der Waals surface area contributed by atoms with Crippen LogP contribution in [0, 0.1) is 18.3 Å². The van der Waals surface area contributed by atoms with Gasteiger partial charge in [0.15, 0.2) is 0 Å². The van der Waals surface area contributed by atoms with E-state index >= 15 is 0 Å². The Balaban J connectivity index is 1.61. The molecule has 1 fully saturated rings. The summed E-state index contributed by atoms with van der Waals surface area (Å²) in [6.07, 6.45) is 5.14. The SMILES string of the molecule is Cc1cc(N2CCCCCC2)c2ccc(OCc3ccccc3C#N)cc2n1. The van der Waals surface area contributed by atoms with Gasteiger partial charge in [-0.05, 0) is 44.0 Å². The minimum atomic E-state index is 0.375. The highest BCUT2D eigenvalue weighted by Gasteiger charge is 2.14. The molecule has 0 N–H and O–H groups in total. The highest BCUT2D eigenvalue weighted by Crippen LogP contribution is 2.31. The number of hydrogen-bond donors (Lipinski definition) is 0. The normalized spacial score (nSPS) is 14.5. The third-order valence-corrected chi connectivity index (χ3v) is 5.37. The number of ether oxygens (including phenoxy) is 1. The Morgan fingerprint density at radius 2 is 1.82 bits per heavy atom. The summed E-state index contributed by atoms with van der Waals surface area (Å²) in [5.41, 5.74) is 4.82. The van der Waals surface area contributed by atoms with Gasteiger partial charge in [-0.25, -0.2) is 0 Å². The van der Waals surface area contributed by atoms with Crippen molar-refractivity contribution in [1.29, 1.82) is 5.26 Å². The molecule has 1 aliphatic heterocycles. The first kappa shape index (κ1) is 18.3. The molecule has 0 aliphatic carbocycles. The molecule has 4 heteroatoms. The second kappa shape index (κ2) is 8.31. The molecule has 0 spiro atoms. The van der Waals surface area contributed by atoms with E-state index in [0.29, 0.717) is 12.2 Å². The lowest BCUT2D eigenvalue weighted by molar-refractivity contribution is 0.306. The van der Waals surface area contributed by atoms with E-state index in [4.69, 9.17) is 9.72 Å². The lowest BCUT2D eigenvalue weighted by Gasteiger charge is -2.24. The fourth-order valence-corrected chi connectivity index (χ4v) is 3.90. The zero-order chi connectivity index (χ0) is 19.3. The second-order valence-electron chi connectivity index (χ2n) is 7.42. The summed E-state index contributed by atoms with van der Waals surface area (Å²) in [6, 6.07) is 18.1. The van der Waals surface area contributed by atoms with Crippen LogP contribution in [0.2, 0.25) is 0 Å². The molecule has 4 rings (SSSR count). The third-order valence-electron chi connectivity index (χ3n) is 5.37. The number of benzene rings is 2. The van der Waals surface area contributed by atoms with Gasteiger partial charge in [0.05, 0.1) is 17.1 Å². The van der Waals surface area contributed by atoms with E-state index in [1.54, 1.807) is 0 Å². The minimum absolute atomic E-state index is 0.375. The van der Waals surface area contributed by atoms with Gasteiger partial charge >= 0.3 is 0 Å². The summed E-state index contributed by atoms with van der Waals surface area (Å²) in [5, 5.41) is 10.4. The van der Waals surface area contributed by atoms with Crippen LogP contribution in [0.3, 0.4) is 0 Å². The van der Waals surface area contributed by atoms with Crippen LogP contribution in [0.4, 0.5) is 5.69 Å². The summed E-state index contributed by atoms with van der Waals surface area (Å²) < 4.78 is 5.98. The quantitative estimate of drug-likeness (QED) is 0.618. The van der Waals surface area contributed by atoms with E-state index in [1.807, 2.05) is 36.4 Å². The van der Waals surface area contributed by atoms with E-state index in [2.05, 4.69) is 30.0 Å². The molecule has 2 heterocycles. The number of pyridine rings is 1. The first-order chi connectivity index (χ1) is 13.7. The molecule has 3 aromatic rings. The fourth-order valence-electron chi connectivity index (χ4n) is 3.90. The molecule has 0 radical (unpaired) electrons. The number of nitriles is 1. The standard InChI is InChI=1S/C24H25N3O/c1-18-14-24(27-12-6-2-3-7-13-27)22-11-10-21(15-23(22)26-18)28-17-20-9-5-4-8-19(20)16-25/h4-5,8-11,14-15H,2-3,6-7,12-13,17H2,1H3. The van der Waals surface area contributed by atoms with Crippen molar-refractivity contribution in [1.82, 2.24) is 4.98 Å². The largest absolute Gasteiger partial charge is 0.489 e. The summed E-state index contributed by atoms with van der Waals surface area (Å²) in [4.78, 5) is 7.25. The monoisotopic (exact) mass is 371 g/mol. The van der Waals surface area contributed by atoms with E-state index in [-0.39, 0.29) is 0 Å². The number of nitrogens with zero attached hydrogens (tertiary/aromatic N) is 3. The average Bonchev–Trinajstić information content (AvgIpc) is 3.01. The molecule has 1 aromatic heterocycles. The average molecular weight is 371 g/mol. The molecule has 2 aromatic carbocycles. The van der Waals surface area contributed by atoms with Gasteiger partial charge in [-0.3, -0.25) is 4.98 Å². The smallest absolute Gasteiger partial charge is 0.122 e. The Morgan fingerprint density at radius 1 is 1.04 bits per heavy atom. The molecule has 4 nitrogen and oxygen atoms in total. The van der Waals surface area contributed by atoms with Crippen molar-refractivity contribution in [3.05, 3.63) is 65.4 Å². The van der Waals surface area contributed by atoms with Crippen molar-refractivity contribution in [3.63, 3.8) is 0 Å². The van der Waals surface area contributed by atoms with Gasteiger partial charge in [0, 0.05) is 41.5 Å². The lowest BCUT2D eigenvalue weighted by atomic mass is 10.1. The van der Waals surface area contributed by atoms with Crippen molar-refractivity contribution in [2.45, 2.75) is 39.2 Å². The van der Waals surface area contributed by atoms with Gasteiger partial charge in [-0.2, -0.15) is 5.26 Å². The maximum absolute atomic E-state index is 9.24. The number of anilines is 1. The molecule has 1 aliphatic rings. The van der Waals surface area contributed by atoms with Crippen molar-refractivity contribution < 1.29 is 4.74 Å². The molecule has 0 amide bonds. The van der Waals surface area contributed by atoms with Gasteiger partial charge in [0.25, 0.3) is 0 Å². The summed E-state index contributed by atoms with van der Waals surface area (Å²) in [5.74, 6) is 0.778. The molecule has 0 unspecified atom stereocenters. The van der Waals surface area contributed by atoms with Crippen LogP contribution in [0.5, 0.6) is 5.75 Å². The van der Waals surface area contributed by atoms with Crippen LogP contribution in [0.15, 0.2) is 48.5 Å². The highest BCUT2D eigenvalue weighted by molar-refractivity contribution is 5.92. The second-order valence-corrected chi connectivity index (χ2v) is 7.42. The summed E-state index contributed by atoms with van der Waals surface area (Å²) in [6.45, 7) is 4.65. The van der Waals surface area contributed by atoms with Crippen LogP contribution in [0.25, 0.3) is 10.9 Å². The Bertz CT molecular complexity index is 1010. The maximum Gasteiger partial charge on any atom is 0.122 e. The lowest BCUT2D eigenvalue weighted by Crippen LogP contribution is -2.24. The van der Waals surface area contributed by atoms with E-state index < -0.39 is 0 Å². The maximum atomic E-state index is 9.24. The van der Waals surface area contributed by atoms with Crippen molar-refractivity contribution in [2.75, 3.05) is 18.0 Å². The van der Waals surface area contributed by atoms with Gasteiger partial charge in [-0.15, -0.1) is 0 Å². The van der Waals surface area contributed by atoms with Gasteiger partial charge in [0.1, 0.15) is 12.4 Å². The molecule has 0 bridgehead atoms. The van der Waals surface area contributed by atoms with E-state index in [1.165, 1.54) is 36.8 Å². The number of aromatic nitrogens is 1. The molecule has 28 heavy (non-hydrogen) atoms. The van der Waals surface area contributed by atoms with Crippen molar-refractivity contribution in [3.8, 4) is 11.8 Å². The van der Waals surface area contributed by atoms with Crippen LogP contribution in [0.1, 0.15) is 42.5 Å². The van der Waals surface area contributed by atoms with E-state index in [9.17, 15) is 5.26 Å². The van der Waals surface area contributed by atoms with Crippen LogP contribution >= 0.6 is 0 Å². The van der Waals surface area contributed by atoms with Crippen molar-refractivity contribution >= 4 is 16.6 Å². The van der Waals surface area contributed by atoms with Gasteiger partial charge in [0.2, 0.25) is 0 Å². The highest BCUT2D eigenvalue weighted by atomic mass is 16.5. The molecular weight excluding hydrogens is 346 g/mol. The number of aryl methyl sites for hydroxylation is 1. The van der Waals surface area contributed by atoms with Crippen LogP contribution in [-0.2, 0) is 6.61 Å². The predicted molar refractivity (Wildman–Crippen MR) is 113 cm³/mol. The number of hydrogen-bond acceptors (Lipinski definition) is 4. The minimum Gasteiger partial charge on any atom is -0.489 e. The summed E-state index contributed by atoms with van der Waals surface area (Å²) >= 11 is 0. The van der Waals surface area contributed by atoms with Gasteiger partial charge < -0.3 is 9.64 Å². The first-order valence-corrected chi connectivity index (χ1v) is 10.0. The Labute approximate surface area is 166 Å². The Hall–Kier alpha value is -3.06. The van der Waals surface area contributed by atoms with Crippen LogP contribution < -0.4 is 9.64 Å². The van der Waals surface area contributed by atoms with Crippen LogP contribution in [-0.4, -0.2) is 18.1 Å². The molecular formula is C24H25N3O. The molecule has 0 atom stereocenters. The zero-order valence-electron chi connectivity index (χ0n) is 16.3. The van der Waals surface area contributed by atoms with Crippen molar-refractivity contribution in [2.24, 2.45) is 0 Å². The topological polar surface area (TPSA) is 49.1 Å². The zero-order valence-corrected chi connectivity index (χ0v) is 16.3. The van der Waals surface area contributed by atoms with E-state index in [0.717, 1.165) is 35.6 Å². The molecule has 142 valence electrons. The first-order valence-electron chi connectivity index (χ1n) is 10.0. The summed E-state index contributed by atoms with van der Waals surface area (Å²) in [7, 11) is 0.